The molecular formula is C22H19FN2O3. The Bertz CT molecular complexity index is 1050. The molecule has 1 aliphatic heterocycles. The first kappa shape index (κ1) is 18.2. The van der Waals surface area contributed by atoms with E-state index in [2.05, 4.69) is 16.8 Å². The van der Waals surface area contributed by atoms with Crippen LogP contribution in [0.3, 0.4) is 0 Å². The quantitative estimate of drug-likeness (QED) is 0.502. The van der Waals surface area contributed by atoms with E-state index in [0.717, 1.165) is 6.29 Å². The molecule has 1 saturated heterocycles. The molecule has 1 fully saturated rings. The average Bonchev–Trinajstić information content (AvgIpc) is 3.09. The van der Waals surface area contributed by atoms with Gasteiger partial charge in [0.15, 0.2) is 11.9 Å². The Kier molecular flexibility index (Phi) is 4.84. The molecular weight excluding hydrogens is 359 g/mol. The van der Waals surface area contributed by atoms with Gasteiger partial charge in [-0.05, 0) is 44.0 Å². The van der Waals surface area contributed by atoms with Gasteiger partial charge in [-0.15, -0.1) is 0 Å². The van der Waals surface area contributed by atoms with Crippen LogP contribution in [0.4, 0.5) is 10.1 Å². The second-order valence-electron chi connectivity index (χ2n) is 6.91. The maximum atomic E-state index is 14.7. The summed E-state index contributed by atoms with van der Waals surface area (Å²) >= 11 is 0. The predicted octanol–water partition coefficient (Wildman–Crippen LogP) is 3.79. The highest BCUT2D eigenvalue weighted by atomic mass is 19.1. The molecule has 0 spiro atoms. The van der Waals surface area contributed by atoms with Gasteiger partial charge in [0.2, 0.25) is 0 Å². The summed E-state index contributed by atoms with van der Waals surface area (Å²) < 4.78 is 25.9. The normalized spacial score (nSPS) is 19.3. The average molecular weight is 378 g/mol. The van der Waals surface area contributed by atoms with E-state index in [9.17, 15) is 9.18 Å². The lowest BCUT2D eigenvalue weighted by atomic mass is 10.1. The molecule has 1 aliphatic rings. The van der Waals surface area contributed by atoms with Crippen LogP contribution < -0.4 is 4.90 Å². The topological polar surface area (TPSA) is 55.6 Å². The lowest BCUT2D eigenvalue weighted by Crippen LogP contribution is -2.45. The highest BCUT2D eigenvalue weighted by Gasteiger charge is 2.25. The molecule has 4 rings (SSSR count). The second-order valence-corrected chi connectivity index (χ2v) is 6.91. The maximum Gasteiger partial charge on any atom is 0.274 e. The van der Waals surface area contributed by atoms with Crippen molar-refractivity contribution < 1.29 is 18.3 Å². The zero-order valence-electron chi connectivity index (χ0n) is 15.6. The summed E-state index contributed by atoms with van der Waals surface area (Å²) in [5.74, 6) is 5.18. The summed E-state index contributed by atoms with van der Waals surface area (Å²) in [5.41, 5.74) is 2.38. The lowest BCUT2D eigenvalue weighted by Gasteiger charge is -2.37. The van der Waals surface area contributed by atoms with Crippen LogP contribution in [-0.4, -0.2) is 36.6 Å². The highest BCUT2D eigenvalue weighted by molar-refractivity contribution is 5.85. The number of nitrogens with zero attached hydrogens (tertiary/aromatic N) is 2. The van der Waals surface area contributed by atoms with Crippen molar-refractivity contribution in [1.82, 2.24) is 4.98 Å². The number of carbonyl (C=O) groups is 1. The monoisotopic (exact) mass is 378 g/mol. The molecule has 3 aromatic rings. The number of hydrogen-bond donors (Lipinski definition) is 0. The molecule has 0 saturated carbocycles. The number of carbonyl (C=O) groups excluding carboxylic acids is 1. The van der Waals surface area contributed by atoms with Crippen molar-refractivity contribution in [2.45, 2.75) is 26.1 Å². The minimum Gasteiger partial charge on any atom is -0.430 e. The van der Waals surface area contributed by atoms with E-state index >= 15 is 0 Å². The number of fused-ring (bicyclic) bond motifs is 1. The van der Waals surface area contributed by atoms with Gasteiger partial charge in [0.25, 0.3) is 5.89 Å². The fraction of sp³-hybridized carbons (Fsp3) is 0.273. The van der Waals surface area contributed by atoms with Gasteiger partial charge in [-0.25, -0.2) is 9.37 Å². The van der Waals surface area contributed by atoms with E-state index in [1.54, 1.807) is 6.07 Å². The number of aromatic nitrogens is 1. The molecule has 1 aromatic heterocycles. The van der Waals surface area contributed by atoms with Gasteiger partial charge in [-0.2, -0.15) is 0 Å². The Hall–Kier alpha value is -3.17. The third-order valence-corrected chi connectivity index (χ3v) is 4.60. The molecule has 2 aromatic carbocycles. The molecule has 28 heavy (non-hydrogen) atoms. The number of benzene rings is 2. The van der Waals surface area contributed by atoms with E-state index in [4.69, 9.17) is 9.15 Å². The number of ether oxygens (including phenoxy) is 1. The van der Waals surface area contributed by atoms with Crippen LogP contribution in [0.1, 0.15) is 35.7 Å². The molecule has 0 radical (unpaired) electrons. The third-order valence-electron chi connectivity index (χ3n) is 4.60. The number of halogens is 1. The molecule has 142 valence electrons. The number of aldehydes is 1. The van der Waals surface area contributed by atoms with E-state index in [1.807, 2.05) is 36.9 Å². The number of rotatable bonds is 2. The zero-order valence-corrected chi connectivity index (χ0v) is 15.6. The van der Waals surface area contributed by atoms with Crippen molar-refractivity contribution in [3.05, 3.63) is 59.2 Å². The molecule has 2 heterocycles. The zero-order chi connectivity index (χ0) is 19.7. The Morgan fingerprint density at radius 3 is 2.64 bits per heavy atom. The van der Waals surface area contributed by atoms with Crippen LogP contribution in [0.5, 0.6) is 0 Å². The fourth-order valence-electron chi connectivity index (χ4n) is 3.46. The largest absolute Gasteiger partial charge is 0.430 e. The second kappa shape index (κ2) is 7.45. The molecule has 0 amide bonds. The summed E-state index contributed by atoms with van der Waals surface area (Å²) in [4.78, 5) is 17.9. The van der Waals surface area contributed by atoms with Crippen LogP contribution in [0, 0.1) is 17.7 Å². The Labute approximate surface area is 162 Å². The van der Waals surface area contributed by atoms with Crippen LogP contribution >= 0.6 is 0 Å². The molecule has 6 heteroatoms. The van der Waals surface area contributed by atoms with Gasteiger partial charge in [0.05, 0.1) is 23.5 Å². The van der Waals surface area contributed by atoms with Gasteiger partial charge in [-0.1, -0.05) is 18.1 Å². The number of oxazole rings is 1. The van der Waals surface area contributed by atoms with Crippen LogP contribution in [0.2, 0.25) is 0 Å². The number of para-hydroxylation sites is 2. The van der Waals surface area contributed by atoms with Crippen molar-refractivity contribution in [2.24, 2.45) is 0 Å². The molecule has 0 N–H and O–H groups in total. The summed E-state index contributed by atoms with van der Waals surface area (Å²) in [6, 6.07) is 10.1. The van der Waals surface area contributed by atoms with Gasteiger partial charge < -0.3 is 14.1 Å². The van der Waals surface area contributed by atoms with E-state index < -0.39 is 5.82 Å². The van der Waals surface area contributed by atoms with Crippen molar-refractivity contribution in [3.63, 3.8) is 0 Å². The molecule has 0 aliphatic carbocycles. The van der Waals surface area contributed by atoms with E-state index in [1.165, 1.54) is 12.1 Å². The van der Waals surface area contributed by atoms with Gasteiger partial charge in [0.1, 0.15) is 11.3 Å². The van der Waals surface area contributed by atoms with Crippen LogP contribution in [-0.2, 0) is 4.74 Å². The van der Waals surface area contributed by atoms with Gasteiger partial charge >= 0.3 is 0 Å². The van der Waals surface area contributed by atoms with E-state index in [-0.39, 0.29) is 23.7 Å². The van der Waals surface area contributed by atoms with Crippen molar-refractivity contribution in [3.8, 4) is 11.8 Å². The summed E-state index contributed by atoms with van der Waals surface area (Å²) in [5, 5.41) is 0. The maximum absolute atomic E-state index is 14.7. The first-order chi connectivity index (χ1) is 13.5. The fourth-order valence-corrected chi connectivity index (χ4v) is 3.46. The summed E-state index contributed by atoms with van der Waals surface area (Å²) in [6.07, 6.45) is 0.736. The Morgan fingerprint density at radius 2 is 1.93 bits per heavy atom. The van der Waals surface area contributed by atoms with Crippen LogP contribution in [0.15, 0.2) is 40.8 Å². The summed E-state index contributed by atoms with van der Waals surface area (Å²) in [6.45, 7) is 5.11. The highest BCUT2D eigenvalue weighted by Crippen LogP contribution is 2.26. The first-order valence-electron chi connectivity index (χ1n) is 9.10. The van der Waals surface area contributed by atoms with Crippen molar-refractivity contribution >= 4 is 23.1 Å². The van der Waals surface area contributed by atoms with Crippen molar-refractivity contribution in [1.29, 1.82) is 0 Å². The van der Waals surface area contributed by atoms with Gasteiger partial charge in [-0.3, -0.25) is 4.79 Å². The third kappa shape index (κ3) is 3.62. The van der Waals surface area contributed by atoms with Gasteiger partial charge in [0, 0.05) is 18.7 Å². The molecule has 2 unspecified atom stereocenters. The smallest absolute Gasteiger partial charge is 0.274 e. The lowest BCUT2D eigenvalue weighted by molar-refractivity contribution is -0.00527. The first-order valence-corrected chi connectivity index (χ1v) is 9.10. The number of hydrogen-bond acceptors (Lipinski definition) is 5. The number of morpholine rings is 1. The van der Waals surface area contributed by atoms with Crippen molar-refractivity contribution in [2.75, 3.05) is 18.0 Å². The molecule has 5 nitrogen and oxygen atoms in total. The molecule has 0 bridgehead atoms. The Morgan fingerprint density at radius 1 is 1.18 bits per heavy atom. The summed E-state index contributed by atoms with van der Waals surface area (Å²) in [7, 11) is 0. The standard InChI is InChI=1S/C22H19FN2O3/c1-14-11-25(12-15(2)27-14)20-10-18(23)16(9-17(20)13-26)7-8-22-24-19-5-3-4-6-21(19)28-22/h3-6,9-10,13-15H,11-12H2,1-2H3. The SMILES string of the molecule is CC1CN(c2cc(F)c(C#Cc3nc4ccccc4o3)cc2C=O)CC(C)O1. The van der Waals surface area contributed by atoms with Crippen LogP contribution in [0.25, 0.3) is 11.1 Å². The number of anilines is 1. The minimum absolute atomic E-state index is 0.00457. The predicted molar refractivity (Wildman–Crippen MR) is 104 cm³/mol. The Balaban J connectivity index is 1.67. The molecule has 2 atom stereocenters. The van der Waals surface area contributed by atoms with E-state index in [0.29, 0.717) is 35.4 Å². The minimum atomic E-state index is -0.490.